The molecule has 2 aromatic rings. The van der Waals surface area contributed by atoms with Crippen molar-refractivity contribution in [3.05, 3.63) is 63.5 Å². The van der Waals surface area contributed by atoms with Gasteiger partial charge < -0.3 is 4.90 Å². The van der Waals surface area contributed by atoms with Gasteiger partial charge in [-0.3, -0.25) is 14.5 Å². The van der Waals surface area contributed by atoms with Gasteiger partial charge >= 0.3 is 0 Å². The summed E-state index contributed by atoms with van der Waals surface area (Å²) in [5.74, 6) is -0.399. The predicted octanol–water partition coefficient (Wildman–Crippen LogP) is 2.52. The largest absolute Gasteiger partial charge is 0.362 e. The average Bonchev–Trinajstić information content (AvgIpc) is 3.17. The van der Waals surface area contributed by atoms with E-state index in [4.69, 9.17) is 0 Å². The molecule has 1 aromatic carbocycles. The highest BCUT2D eigenvalue weighted by Crippen LogP contribution is 2.35. The molecule has 4 rings (SSSR count). The van der Waals surface area contributed by atoms with E-state index < -0.39 is 0 Å². The number of benzene rings is 1. The quantitative estimate of drug-likeness (QED) is 0.797. The van der Waals surface area contributed by atoms with Crippen LogP contribution < -0.4 is 0 Å². The van der Waals surface area contributed by atoms with Crippen LogP contribution in [0.5, 0.6) is 0 Å². The lowest BCUT2D eigenvalue weighted by atomic mass is 9.99. The van der Waals surface area contributed by atoms with Crippen molar-refractivity contribution in [3.8, 4) is 0 Å². The minimum Gasteiger partial charge on any atom is -0.362 e. The van der Waals surface area contributed by atoms with Gasteiger partial charge in [-0.1, -0.05) is 30.3 Å². The van der Waals surface area contributed by atoms with Crippen LogP contribution in [-0.2, 0) is 22.6 Å². The molecule has 116 valence electrons. The van der Waals surface area contributed by atoms with Crippen LogP contribution in [0.15, 0.2) is 47.5 Å². The number of carbonyl (C=O) groups excluding carboxylic acids is 2. The molecule has 5 heteroatoms. The summed E-state index contributed by atoms with van der Waals surface area (Å²) in [4.78, 5) is 29.3. The van der Waals surface area contributed by atoms with Crippen LogP contribution in [0.2, 0.25) is 0 Å². The third-order valence-corrected chi connectivity index (χ3v) is 5.36. The molecule has 0 saturated carbocycles. The van der Waals surface area contributed by atoms with Crippen LogP contribution in [0.4, 0.5) is 0 Å². The van der Waals surface area contributed by atoms with Crippen LogP contribution in [0.3, 0.4) is 0 Å². The highest BCUT2D eigenvalue weighted by Gasteiger charge is 2.40. The number of rotatable bonds is 2. The number of carbonyl (C=O) groups is 2. The number of amides is 2. The van der Waals surface area contributed by atoms with Gasteiger partial charge in [0.15, 0.2) is 0 Å². The summed E-state index contributed by atoms with van der Waals surface area (Å²) in [6.07, 6.45) is 0.891. The molecule has 0 fully saturated rings. The van der Waals surface area contributed by atoms with E-state index in [0.29, 0.717) is 17.8 Å². The first kappa shape index (κ1) is 14.2. The second-order valence-corrected chi connectivity index (χ2v) is 6.76. The van der Waals surface area contributed by atoms with Gasteiger partial charge in [0, 0.05) is 25.0 Å². The highest BCUT2D eigenvalue weighted by molar-refractivity contribution is 7.11. The van der Waals surface area contributed by atoms with E-state index in [2.05, 4.69) is 17.0 Å². The molecule has 0 radical (unpaired) electrons. The van der Waals surface area contributed by atoms with Gasteiger partial charge in [0.25, 0.3) is 11.8 Å². The molecule has 0 spiro atoms. The van der Waals surface area contributed by atoms with Crippen LogP contribution in [0.1, 0.15) is 16.0 Å². The summed E-state index contributed by atoms with van der Waals surface area (Å²) < 4.78 is 0. The number of nitrogens with zero attached hydrogens (tertiary/aromatic N) is 2. The Balaban J connectivity index is 1.79. The molecule has 2 aliphatic heterocycles. The van der Waals surface area contributed by atoms with Gasteiger partial charge in [0.1, 0.15) is 5.70 Å². The van der Waals surface area contributed by atoms with Gasteiger partial charge in [-0.25, -0.2) is 0 Å². The fraction of sp³-hybridized carbons (Fsp3) is 0.222. The van der Waals surface area contributed by atoms with Gasteiger partial charge in [-0.2, -0.15) is 0 Å². The molecule has 0 unspecified atom stereocenters. The summed E-state index contributed by atoms with van der Waals surface area (Å²) in [5, 5.41) is 1.93. The third-order valence-electron chi connectivity index (χ3n) is 4.48. The SMILES string of the molecule is CN1C(=O)C(c2cccs2)=C(N2CCc3ccccc3C2)C1=O. The zero-order chi connectivity index (χ0) is 16.0. The zero-order valence-electron chi connectivity index (χ0n) is 12.8. The van der Waals surface area contributed by atoms with Crippen molar-refractivity contribution in [2.45, 2.75) is 13.0 Å². The smallest absolute Gasteiger partial charge is 0.277 e. The topological polar surface area (TPSA) is 40.6 Å². The van der Waals surface area contributed by atoms with Crippen molar-refractivity contribution in [3.63, 3.8) is 0 Å². The Labute approximate surface area is 138 Å². The standard InChI is InChI=1S/C18H16N2O2S/c1-19-17(21)15(14-7-4-10-23-14)16(18(19)22)20-9-8-12-5-2-3-6-13(12)11-20/h2-7,10H,8-9,11H2,1H3. The lowest BCUT2D eigenvalue weighted by Crippen LogP contribution is -2.35. The highest BCUT2D eigenvalue weighted by atomic mass is 32.1. The van der Waals surface area contributed by atoms with Crippen molar-refractivity contribution in [2.24, 2.45) is 0 Å². The number of hydrogen-bond acceptors (Lipinski definition) is 4. The van der Waals surface area contributed by atoms with Gasteiger partial charge in [-0.15, -0.1) is 11.3 Å². The second kappa shape index (κ2) is 5.35. The molecular weight excluding hydrogens is 308 g/mol. The number of thiophene rings is 1. The minimum absolute atomic E-state index is 0.196. The lowest BCUT2D eigenvalue weighted by molar-refractivity contribution is -0.136. The molecule has 0 bridgehead atoms. The number of hydrogen-bond donors (Lipinski definition) is 0. The van der Waals surface area contributed by atoms with Crippen molar-refractivity contribution in [1.29, 1.82) is 0 Å². The number of fused-ring (bicyclic) bond motifs is 1. The Morgan fingerprint density at radius 1 is 1.00 bits per heavy atom. The molecule has 2 amide bonds. The molecule has 0 aliphatic carbocycles. The molecular formula is C18H16N2O2S. The molecule has 1 aromatic heterocycles. The first-order valence-corrected chi connectivity index (χ1v) is 8.47. The molecule has 0 atom stereocenters. The van der Waals surface area contributed by atoms with E-state index in [9.17, 15) is 9.59 Å². The monoisotopic (exact) mass is 324 g/mol. The van der Waals surface area contributed by atoms with E-state index in [1.165, 1.54) is 27.4 Å². The Bertz CT molecular complexity index is 823. The summed E-state index contributed by atoms with van der Waals surface area (Å²) in [5.41, 5.74) is 3.65. The first-order valence-electron chi connectivity index (χ1n) is 7.59. The fourth-order valence-corrected chi connectivity index (χ4v) is 4.01. The molecule has 0 N–H and O–H groups in total. The summed E-state index contributed by atoms with van der Waals surface area (Å²) >= 11 is 1.50. The second-order valence-electron chi connectivity index (χ2n) is 5.81. The van der Waals surface area contributed by atoms with Gasteiger partial charge in [-0.05, 0) is 29.0 Å². The summed E-state index contributed by atoms with van der Waals surface area (Å²) in [6, 6.07) is 12.1. The zero-order valence-corrected chi connectivity index (χ0v) is 13.6. The Kier molecular flexibility index (Phi) is 3.31. The molecule has 0 saturated heterocycles. The summed E-state index contributed by atoms with van der Waals surface area (Å²) in [6.45, 7) is 1.43. The van der Waals surface area contributed by atoms with E-state index in [0.717, 1.165) is 17.8 Å². The van der Waals surface area contributed by atoms with Gasteiger partial charge in [0.2, 0.25) is 0 Å². The van der Waals surface area contributed by atoms with Crippen LogP contribution in [0.25, 0.3) is 5.57 Å². The minimum atomic E-state index is -0.202. The predicted molar refractivity (Wildman–Crippen MR) is 89.6 cm³/mol. The Hall–Kier alpha value is -2.40. The maximum Gasteiger partial charge on any atom is 0.277 e. The van der Waals surface area contributed by atoms with E-state index in [1.807, 2.05) is 29.6 Å². The average molecular weight is 324 g/mol. The van der Waals surface area contributed by atoms with Crippen molar-refractivity contribution in [1.82, 2.24) is 9.80 Å². The molecule has 4 nitrogen and oxygen atoms in total. The molecule has 3 heterocycles. The maximum absolute atomic E-state index is 12.6. The Morgan fingerprint density at radius 3 is 2.52 bits per heavy atom. The van der Waals surface area contributed by atoms with Crippen LogP contribution in [0, 0.1) is 0 Å². The Morgan fingerprint density at radius 2 is 1.78 bits per heavy atom. The van der Waals surface area contributed by atoms with E-state index in [1.54, 1.807) is 7.05 Å². The van der Waals surface area contributed by atoms with Crippen molar-refractivity contribution >= 4 is 28.7 Å². The first-order chi connectivity index (χ1) is 11.2. The number of imide groups is 1. The maximum atomic E-state index is 12.6. The summed E-state index contributed by atoms with van der Waals surface area (Å²) in [7, 11) is 1.56. The van der Waals surface area contributed by atoms with E-state index in [-0.39, 0.29) is 11.8 Å². The van der Waals surface area contributed by atoms with Crippen molar-refractivity contribution in [2.75, 3.05) is 13.6 Å². The van der Waals surface area contributed by atoms with Crippen LogP contribution >= 0.6 is 11.3 Å². The fourth-order valence-electron chi connectivity index (χ4n) is 3.25. The third kappa shape index (κ3) is 2.19. The lowest BCUT2D eigenvalue weighted by Gasteiger charge is -2.31. The van der Waals surface area contributed by atoms with Crippen molar-refractivity contribution < 1.29 is 9.59 Å². The number of likely N-dealkylation sites (N-methyl/N-ethyl adjacent to an activating group) is 1. The molecule has 2 aliphatic rings. The van der Waals surface area contributed by atoms with Crippen LogP contribution in [-0.4, -0.2) is 35.2 Å². The molecule has 23 heavy (non-hydrogen) atoms. The van der Waals surface area contributed by atoms with E-state index >= 15 is 0 Å². The normalized spacial score (nSPS) is 18.0. The van der Waals surface area contributed by atoms with Gasteiger partial charge in [0.05, 0.1) is 5.57 Å².